The summed E-state index contributed by atoms with van der Waals surface area (Å²) in [6.45, 7) is 8.79. The Balaban J connectivity index is 1.68. The molecule has 0 atom stereocenters. The van der Waals surface area contributed by atoms with Crippen molar-refractivity contribution >= 4 is 39.1 Å². The van der Waals surface area contributed by atoms with Crippen LogP contribution in [-0.2, 0) is 27.8 Å². The molecular weight excluding hydrogens is 416 g/mol. The number of carbonyl (C=O) groups excluding carboxylic acids is 2. The Morgan fingerprint density at radius 3 is 2.43 bits per heavy atom. The van der Waals surface area contributed by atoms with Crippen LogP contribution in [0.2, 0.25) is 0 Å². The van der Waals surface area contributed by atoms with Crippen molar-refractivity contribution in [1.82, 2.24) is 0 Å². The van der Waals surface area contributed by atoms with Crippen LogP contribution < -0.4 is 10.2 Å². The number of carbonyl (C=O) groups is 2. The molecule has 0 aliphatic carbocycles. The fourth-order valence-electron chi connectivity index (χ4n) is 3.56. The van der Waals surface area contributed by atoms with Gasteiger partial charge in [-0.05, 0) is 47.1 Å². The molecule has 2 aromatic rings. The molecule has 2 aromatic carbocycles. The maximum atomic E-state index is 12.6. The van der Waals surface area contributed by atoms with Gasteiger partial charge in [-0.1, -0.05) is 61.0 Å². The molecule has 1 N–H and O–H groups in total. The third-order valence-electron chi connectivity index (χ3n) is 5.14. The van der Waals surface area contributed by atoms with E-state index in [1.165, 1.54) is 5.56 Å². The fourth-order valence-corrected chi connectivity index (χ4v) is 4.07. The lowest BCUT2D eigenvalue weighted by atomic mass is 9.86. The maximum absolute atomic E-state index is 12.6. The number of hydrogen-bond acceptors (Lipinski definition) is 2. The summed E-state index contributed by atoms with van der Waals surface area (Å²) in [5.41, 5.74) is 5.17. The van der Waals surface area contributed by atoms with Crippen molar-refractivity contribution in [2.75, 3.05) is 16.8 Å². The maximum Gasteiger partial charge on any atom is 0.224 e. The van der Waals surface area contributed by atoms with Crippen molar-refractivity contribution in [2.45, 2.75) is 52.4 Å². The second kappa shape index (κ2) is 8.08. The van der Waals surface area contributed by atoms with Crippen LogP contribution in [0.4, 0.5) is 11.4 Å². The molecule has 0 saturated carbocycles. The Bertz CT molecular complexity index is 898. The van der Waals surface area contributed by atoms with Crippen LogP contribution in [0.15, 0.2) is 40.9 Å². The molecule has 0 spiro atoms. The molecule has 2 amide bonds. The minimum Gasteiger partial charge on any atom is -0.324 e. The average Bonchev–Trinajstić information content (AvgIpc) is 3.03. The molecule has 148 valence electrons. The Morgan fingerprint density at radius 2 is 1.82 bits per heavy atom. The summed E-state index contributed by atoms with van der Waals surface area (Å²) < 4.78 is 0.907. The number of anilines is 2. The molecule has 0 fully saturated rings. The molecule has 28 heavy (non-hydrogen) atoms. The monoisotopic (exact) mass is 442 g/mol. The third-order valence-corrected chi connectivity index (χ3v) is 5.60. The van der Waals surface area contributed by atoms with E-state index in [-0.39, 0.29) is 17.2 Å². The summed E-state index contributed by atoms with van der Waals surface area (Å²) in [5, 5.41) is 3.01. The first-order valence-corrected chi connectivity index (χ1v) is 10.4. The van der Waals surface area contributed by atoms with Crippen molar-refractivity contribution in [3.8, 4) is 0 Å². The highest BCUT2D eigenvalue weighted by Crippen LogP contribution is 2.38. The summed E-state index contributed by atoms with van der Waals surface area (Å²) in [6.07, 6.45) is 1.89. The molecule has 0 unspecified atom stereocenters. The number of aryl methyl sites for hydroxylation is 1. The lowest BCUT2D eigenvalue weighted by Crippen LogP contribution is -2.27. The van der Waals surface area contributed by atoms with Gasteiger partial charge >= 0.3 is 0 Å². The van der Waals surface area contributed by atoms with Crippen LogP contribution in [-0.4, -0.2) is 18.4 Å². The van der Waals surface area contributed by atoms with Crippen LogP contribution in [0.25, 0.3) is 0 Å². The van der Waals surface area contributed by atoms with E-state index in [4.69, 9.17) is 0 Å². The zero-order valence-electron chi connectivity index (χ0n) is 16.9. The van der Waals surface area contributed by atoms with Crippen molar-refractivity contribution in [3.63, 3.8) is 0 Å². The number of nitrogens with one attached hydrogen (secondary N) is 1. The first-order chi connectivity index (χ1) is 13.1. The highest BCUT2D eigenvalue weighted by atomic mass is 79.9. The molecule has 5 heteroatoms. The molecule has 1 aliphatic rings. The van der Waals surface area contributed by atoms with E-state index in [0.29, 0.717) is 25.1 Å². The first kappa shape index (κ1) is 20.6. The molecule has 0 radical (unpaired) electrons. The number of rotatable bonds is 4. The molecule has 4 nitrogen and oxygen atoms in total. The van der Waals surface area contributed by atoms with E-state index < -0.39 is 0 Å². The smallest absolute Gasteiger partial charge is 0.224 e. The Labute approximate surface area is 175 Å². The fraction of sp³-hybridized carbons (Fsp3) is 0.391. The molecule has 1 aliphatic heterocycles. The van der Waals surface area contributed by atoms with E-state index in [9.17, 15) is 9.59 Å². The minimum absolute atomic E-state index is 0.00416. The van der Waals surface area contributed by atoms with E-state index in [1.54, 1.807) is 11.8 Å². The molecular formula is C23H27BrN2O2. The highest BCUT2D eigenvalue weighted by molar-refractivity contribution is 9.10. The standard InChI is InChI=1S/C23H27BrN2O2/c1-15(27)26-12-11-17-13-19(24)14-20(22(17)26)25-21(28)10-7-16-5-8-18(9-6-16)23(2,3)4/h5-6,8-9,13-14H,7,10-12H2,1-4H3,(H,25,28). The van der Waals surface area contributed by atoms with Crippen molar-refractivity contribution < 1.29 is 9.59 Å². The van der Waals surface area contributed by atoms with Gasteiger partial charge in [0, 0.05) is 24.4 Å². The van der Waals surface area contributed by atoms with E-state index >= 15 is 0 Å². The van der Waals surface area contributed by atoms with Gasteiger partial charge in [-0.3, -0.25) is 9.59 Å². The van der Waals surface area contributed by atoms with Crippen LogP contribution in [0.5, 0.6) is 0 Å². The lowest BCUT2D eigenvalue weighted by Gasteiger charge is -2.20. The van der Waals surface area contributed by atoms with Crippen LogP contribution in [0.3, 0.4) is 0 Å². The Hall–Kier alpha value is -2.14. The minimum atomic E-state index is -0.0457. The molecule has 0 aromatic heterocycles. The second-order valence-corrected chi connectivity index (χ2v) is 9.29. The second-order valence-electron chi connectivity index (χ2n) is 8.38. The van der Waals surface area contributed by atoms with E-state index in [1.807, 2.05) is 12.1 Å². The lowest BCUT2D eigenvalue weighted by molar-refractivity contribution is -0.117. The number of hydrogen-bond donors (Lipinski definition) is 1. The quantitative estimate of drug-likeness (QED) is 0.704. The van der Waals surface area contributed by atoms with E-state index in [2.05, 4.69) is 66.3 Å². The van der Waals surface area contributed by atoms with Gasteiger partial charge in [-0.2, -0.15) is 0 Å². The SMILES string of the molecule is CC(=O)N1CCc2cc(Br)cc(NC(=O)CCc3ccc(C(C)(C)C)cc3)c21. The zero-order valence-corrected chi connectivity index (χ0v) is 18.5. The highest BCUT2D eigenvalue weighted by Gasteiger charge is 2.26. The number of fused-ring (bicyclic) bond motifs is 1. The van der Waals surface area contributed by atoms with Crippen molar-refractivity contribution in [1.29, 1.82) is 0 Å². The number of benzene rings is 2. The molecule has 3 rings (SSSR count). The van der Waals surface area contributed by atoms with Gasteiger partial charge in [0.05, 0.1) is 11.4 Å². The van der Waals surface area contributed by atoms with Crippen molar-refractivity contribution in [2.24, 2.45) is 0 Å². The van der Waals surface area contributed by atoms with Gasteiger partial charge in [0.15, 0.2) is 0 Å². The Kier molecular flexibility index (Phi) is 5.94. The van der Waals surface area contributed by atoms with Crippen molar-refractivity contribution in [3.05, 3.63) is 57.6 Å². The predicted octanol–water partition coefficient (Wildman–Crippen LogP) is 5.23. The Morgan fingerprint density at radius 1 is 1.14 bits per heavy atom. The van der Waals surface area contributed by atoms with Gasteiger partial charge < -0.3 is 10.2 Å². The topological polar surface area (TPSA) is 49.4 Å². The van der Waals surface area contributed by atoms with Gasteiger partial charge in [0.2, 0.25) is 11.8 Å². The van der Waals surface area contributed by atoms with E-state index in [0.717, 1.165) is 27.7 Å². The summed E-state index contributed by atoms with van der Waals surface area (Å²) in [7, 11) is 0. The summed E-state index contributed by atoms with van der Waals surface area (Å²) in [5.74, 6) is -0.0499. The molecule has 0 saturated heterocycles. The normalized spacial score (nSPS) is 13.4. The molecule has 0 bridgehead atoms. The first-order valence-electron chi connectivity index (χ1n) is 9.65. The van der Waals surface area contributed by atoms with Crippen LogP contribution >= 0.6 is 15.9 Å². The van der Waals surface area contributed by atoms with Gasteiger partial charge in [-0.15, -0.1) is 0 Å². The number of halogens is 1. The summed E-state index contributed by atoms with van der Waals surface area (Å²) in [6, 6.07) is 12.4. The van der Waals surface area contributed by atoms with Gasteiger partial charge in [0.25, 0.3) is 0 Å². The summed E-state index contributed by atoms with van der Waals surface area (Å²) >= 11 is 3.51. The van der Waals surface area contributed by atoms with Crippen LogP contribution in [0, 0.1) is 0 Å². The van der Waals surface area contributed by atoms with Gasteiger partial charge in [-0.25, -0.2) is 0 Å². The third kappa shape index (κ3) is 4.64. The predicted molar refractivity (Wildman–Crippen MR) is 118 cm³/mol. The number of amides is 2. The van der Waals surface area contributed by atoms with Crippen LogP contribution in [0.1, 0.15) is 50.8 Å². The zero-order chi connectivity index (χ0) is 20.5. The largest absolute Gasteiger partial charge is 0.324 e. The van der Waals surface area contributed by atoms with Gasteiger partial charge in [0.1, 0.15) is 0 Å². The summed E-state index contributed by atoms with van der Waals surface area (Å²) in [4.78, 5) is 26.3. The molecule has 1 heterocycles. The number of nitrogens with zero attached hydrogens (tertiary/aromatic N) is 1. The average molecular weight is 443 g/mol.